The predicted octanol–water partition coefficient (Wildman–Crippen LogP) is 2.95. The monoisotopic (exact) mass is 1300 g/mol. The molecule has 0 aromatic carbocycles. The Bertz CT molecular complexity index is 2420. The van der Waals surface area contributed by atoms with E-state index in [2.05, 4.69) is 5.32 Å². The molecular weight excluding hydrogens is 1190 g/mol. The summed E-state index contributed by atoms with van der Waals surface area (Å²) in [6.07, 6.45) is 23.4. The molecule has 1 aliphatic carbocycles. The van der Waals surface area contributed by atoms with Crippen LogP contribution in [0.15, 0.2) is 146 Å². The number of rotatable bonds is 46. The molecule has 1 saturated carbocycles. The molecule has 0 aromatic rings. The number of nitrogens with two attached hydrogens (primary N) is 1. The van der Waals surface area contributed by atoms with Gasteiger partial charge in [-0.15, -0.1) is 0 Å². The molecule has 0 bridgehead atoms. The minimum Gasteiger partial charge on any atom is -0.393 e. The highest BCUT2D eigenvalue weighted by Crippen LogP contribution is 2.29. The van der Waals surface area contributed by atoms with Crippen LogP contribution in [0.4, 0.5) is 0 Å². The first-order valence-corrected chi connectivity index (χ1v) is 32.3. The number of aliphatic hydroxyl groups is 15. The minimum atomic E-state index is -1.62. The summed E-state index contributed by atoms with van der Waals surface area (Å²) in [6.45, 7) is 7.28. The van der Waals surface area contributed by atoms with Gasteiger partial charge in [0.05, 0.1) is 85.5 Å². The molecule has 22 nitrogen and oxygen atoms in total. The Balaban J connectivity index is 1.81. The van der Waals surface area contributed by atoms with Crippen LogP contribution in [-0.4, -0.2) is 217 Å². The third kappa shape index (κ3) is 36.0. The SMILES string of the molecule is CC(C=CCC/C=C/C=C/C=CC=CC(=O)NC1C(=O)CCC1=O)C(O)C(C)C(O)C=CC=CC=CC=CC=CCC(OC1OC(C)C(O)C(O)C1O)C(C)C(O)CC(O)CC(O)CC(O)C=CCC(O)CC(O)CC(O)CC(O)C=CCC(O)CC(O)CCCN. The Hall–Kier alpha value is -5.03. The van der Waals surface area contributed by atoms with Crippen molar-refractivity contribution in [2.75, 3.05) is 6.54 Å². The van der Waals surface area contributed by atoms with Gasteiger partial charge >= 0.3 is 0 Å². The van der Waals surface area contributed by atoms with Crippen LogP contribution in [0.25, 0.3) is 0 Å². The molecule has 1 amide bonds. The second-order valence-electron chi connectivity index (χ2n) is 24.2. The van der Waals surface area contributed by atoms with E-state index in [0.29, 0.717) is 19.4 Å². The van der Waals surface area contributed by atoms with Crippen LogP contribution in [-0.2, 0) is 23.9 Å². The zero-order valence-corrected chi connectivity index (χ0v) is 53.9. The highest BCUT2D eigenvalue weighted by Gasteiger charge is 2.44. The van der Waals surface area contributed by atoms with Crippen molar-refractivity contribution in [2.24, 2.45) is 23.5 Å². The third-order valence-corrected chi connectivity index (χ3v) is 15.9. The summed E-state index contributed by atoms with van der Waals surface area (Å²) in [5.41, 5.74) is 5.44. The number of aliphatic hydroxyl groups excluding tert-OH is 15. The van der Waals surface area contributed by atoms with Crippen molar-refractivity contribution in [3.63, 3.8) is 0 Å². The first-order chi connectivity index (χ1) is 43.7. The zero-order valence-electron chi connectivity index (χ0n) is 53.9. The van der Waals surface area contributed by atoms with Gasteiger partial charge in [-0.3, -0.25) is 14.4 Å². The third-order valence-electron chi connectivity index (χ3n) is 15.9. The van der Waals surface area contributed by atoms with Crippen molar-refractivity contribution in [1.82, 2.24) is 5.32 Å². The Morgan fingerprint density at radius 2 is 1.01 bits per heavy atom. The summed E-state index contributed by atoms with van der Waals surface area (Å²) >= 11 is 0. The molecule has 1 saturated heterocycles. The number of carbonyl (C=O) groups excluding carboxylic acids is 3. The summed E-state index contributed by atoms with van der Waals surface area (Å²) in [4.78, 5) is 35.2. The maximum Gasteiger partial charge on any atom is 0.244 e. The van der Waals surface area contributed by atoms with E-state index in [1.54, 1.807) is 98.9 Å². The lowest BCUT2D eigenvalue weighted by atomic mass is 9.88. The largest absolute Gasteiger partial charge is 0.393 e. The average molecular weight is 1300 g/mol. The summed E-state index contributed by atoms with van der Waals surface area (Å²) < 4.78 is 11.8. The van der Waals surface area contributed by atoms with Crippen molar-refractivity contribution in [3.05, 3.63) is 146 Å². The average Bonchev–Trinajstić information content (AvgIpc) is 1.04. The van der Waals surface area contributed by atoms with Gasteiger partial charge in [-0.05, 0) is 90.5 Å². The molecule has 1 aliphatic heterocycles. The molecule has 0 spiro atoms. The first-order valence-electron chi connectivity index (χ1n) is 32.3. The Kier molecular flexibility index (Phi) is 43.1. The van der Waals surface area contributed by atoms with Crippen LogP contribution in [0, 0.1) is 17.8 Å². The standard InChI is InChI=1S/C70H110N2O20/c1-46(27-20-16-12-8-5-6-11-15-19-23-35-64(86)72-65-60(83)36-37-61(65)84)66(87)48(3)59(82)33-21-17-13-9-7-10-14-18-22-34-63(92-70-69(90)68(89)67(88)49(4)91-70)47(2)62(85)45-58(81)44-57(80)42-53(76)31-25-30-52(75)41-56(79)43-55(78)40-51(74)29-24-28-50(73)39-54(77)32-26-38-71/h5-11,13-15,17-25,27,29,31,33,35,46-59,62-63,65-70,73-82,85,87-90H,12,16,26,28,30,32,34,36-45,71H2,1-4H3,(H,72,86)/b8-5+,9-7?,11-6+,14-10?,17-13?,19-15?,22-18?,27-20?,29-24?,31-25?,33-21?,35-23?. The normalized spacial score (nSPS) is 24.7. The predicted molar refractivity (Wildman–Crippen MR) is 351 cm³/mol. The van der Waals surface area contributed by atoms with E-state index in [1.165, 1.54) is 37.3 Å². The molecule has 18 N–H and O–H groups in total. The summed E-state index contributed by atoms with van der Waals surface area (Å²) in [5, 5.41) is 161. The van der Waals surface area contributed by atoms with Crippen molar-refractivity contribution in [3.8, 4) is 0 Å². The number of amides is 1. The van der Waals surface area contributed by atoms with Crippen LogP contribution in [0.2, 0.25) is 0 Å². The van der Waals surface area contributed by atoms with Crippen LogP contribution < -0.4 is 11.1 Å². The highest BCUT2D eigenvalue weighted by atomic mass is 16.7. The van der Waals surface area contributed by atoms with Gasteiger partial charge in [0, 0.05) is 49.5 Å². The number of ether oxygens (including phenoxy) is 2. The van der Waals surface area contributed by atoms with Crippen LogP contribution in [0.3, 0.4) is 0 Å². The molecule has 520 valence electrons. The smallest absolute Gasteiger partial charge is 0.244 e. The molecule has 22 heteroatoms. The number of hydrogen-bond acceptors (Lipinski definition) is 21. The van der Waals surface area contributed by atoms with Gasteiger partial charge < -0.3 is 97.1 Å². The molecule has 0 radical (unpaired) electrons. The first kappa shape index (κ1) is 83.1. The molecule has 2 rings (SSSR count). The highest BCUT2D eigenvalue weighted by molar-refractivity contribution is 6.14. The molecule has 21 atom stereocenters. The van der Waals surface area contributed by atoms with Gasteiger partial charge in [-0.2, -0.15) is 0 Å². The fourth-order valence-corrected chi connectivity index (χ4v) is 10.2. The second kappa shape index (κ2) is 47.8. The second-order valence-corrected chi connectivity index (χ2v) is 24.2. The van der Waals surface area contributed by atoms with E-state index in [1.807, 2.05) is 37.3 Å². The van der Waals surface area contributed by atoms with Gasteiger partial charge in [0.25, 0.3) is 0 Å². The van der Waals surface area contributed by atoms with Crippen LogP contribution in [0.1, 0.15) is 130 Å². The molecule has 92 heavy (non-hydrogen) atoms. The van der Waals surface area contributed by atoms with Crippen molar-refractivity contribution in [1.29, 1.82) is 0 Å². The van der Waals surface area contributed by atoms with E-state index in [9.17, 15) is 91.0 Å². The van der Waals surface area contributed by atoms with Crippen molar-refractivity contribution in [2.45, 2.75) is 247 Å². The van der Waals surface area contributed by atoms with Crippen molar-refractivity contribution >= 4 is 17.5 Å². The van der Waals surface area contributed by atoms with E-state index in [0.717, 1.165) is 12.8 Å². The molecule has 2 aliphatic rings. The van der Waals surface area contributed by atoms with E-state index in [-0.39, 0.29) is 94.5 Å². The van der Waals surface area contributed by atoms with Gasteiger partial charge in [-0.1, -0.05) is 161 Å². The number of hydrogen-bond donors (Lipinski definition) is 17. The van der Waals surface area contributed by atoms with Gasteiger partial charge in [0.15, 0.2) is 17.9 Å². The lowest BCUT2D eigenvalue weighted by molar-refractivity contribution is -0.309. The van der Waals surface area contributed by atoms with Gasteiger partial charge in [0.2, 0.25) is 5.91 Å². The molecule has 0 aromatic heterocycles. The lowest BCUT2D eigenvalue weighted by Crippen LogP contribution is -2.58. The van der Waals surface area contributed by atoms with Gasteiger partial charge in [0.1, 0.15) is 24.4 Å². The van der Waals surface area contributed by atoms with E-state index in [4.69, 9.17) is 15.2 Å². The van der Waals surface area contributed by atoms with Crippen LogP contribution in [0.5, 0.6) is 0 Å². The summed E-state index contributed by atoms with van der Waals surface area (Å²) in [7, 11) is 0. The molecule has 1 heterocycles. The fourth-order valence-electron chi connectivity index (χ4n) is 10.2. The molecule has 2 fully saturated rings. The maximum atomic E-state index is 11.9. The van der Waals surface area contributed by atoms with Gasteiger partial charge in [-0.25, -0.2) is 0 Å². The number of carbonyl (C=O) groups is 3. The molecular formula is C70H110N2O20. The van der Waals surface area contributed by atoms with Crippen molar-refractivity contribution < 1.29 is 100 Å². The Morgan fingerprint density at radius 3 is 1.58 bits per heavy atom. The number of unbranched alkanes of at least 4 members (excludes halogenated alkanes) is 1. The fraction of sp³-hybridized carbons (Fsp3) is 0.614. The van der Waals surface area contributed by atoms with E-state index >= 15 is 0 Å². The molecule has 21 unspecified atom stereocenters. The van der Waals surface area contributed by atoms with E-state index < -0.39 is 134 Å². The number of allylic oxidation sites excluding steroid dienone is 16. The summed E-state index contributed by atoms with van der Waals surface area (Å²) in [6, 6.07) is -1.04. The van der Waals surface area contributed by atoms with Crippen LogP contribution >= 0.6 is 0 Å². The zero-order chi connectivity index (χ0) is 68.5. The topological polar surface area (TPSA) is 411 Å². The lowest BCUT2D eigenvalue weighted by Gasteiger charge is -2.41. The Labute approximate surface area is 543 Å². The maximum absolute atomic E-state index is 11.9. The number of ketones is 2. The number of nitrogens with one attached hydrogen (secondary N) is 1. The summed E-state index contributed by atoms with van der Waals surface area (Å²) in [5.74, 6) is -2.40. The minimum absolute atomic E-state index is 0.0320. The quantitative estimate of drug-likeness (QED) is 0.0137. The Morgan fingerprint density at radius 1 is 0.533 bits per heavy atom. The number of Topliss-reactive ketones (excluding diaryl/α,β-unsaturated/α-hetero) is 2.